The summed E-state index contributed by atoms with van der Waals surface area (Å²) < 4.78 is 26.2. The van der Waals surface area contributed by atoms with Crippen molar-refractivity contribution in [2.75, 3.05) is 25.5 Å². The molecule has 25 heavy (non-hydrogen) atoms. The first-order chi connectivity index (χ1) is 11.8. The molecular formula is C19H27F2N3O. The van der Waals surface area contributed by atoms with Crippen LogP contribution in [0, 0.1) is 5.92 Å². The van der Waals surface area contributed by atoms with Gasteiger partial charge in [-0.2, -0.15) is 0 Å². The van der Waals surface area contributed by atoms with Gasteiger partial charge in [-0.3, -0.25) is 4.90 Å². The van der Waals surface area contributed by atoms with E-state index in [1.54, 1.807) is 4.90 Å². The number of para-hydroxylation sites is 1. The van der Waals surface area contributed by atoms with Gasteiger partial charge in [-0.15, -0.1) is 0 Å². The van der Waals surface area contributed by atoms with E-state index >= 15 is 0 Å². The van der Waals surface area contributed by atoms with Crippen LogP contribution in [-0.4, -0.2) is 49.6 Å². The minimum atomic E-state index is -2.56. The number of amides is 2. The van der Waals surface area contributed by atoms with E-state index in [-0.39, 0.29) is 36.9 Å². The number of hydrogen-bond acceptors (Lipinski definition) is 2. The maximum absolute atomic E-state index is 13.1. The molecule has 0 aromatic heterocycles. The zero-order valence-corrected chi connectivity index (χ0v) is 15.1. The zero-order valence-electron chi connectivity index (χ0n) is 15.1. The third-order valence-corrected chi connectivity index (χ3v) is 5.58. The topological polar surface area (TPSA) is 35.6 Å². The molecule has 1 aliphatic heterocycles. The van der Waals surface area contributed by atoms with Gasteiger partial charge in [0.1, 0.15) is 0 Å². The van der Waals surface area contributed by atoms with Crippen molar-refractivity contribution in [3.63, 3.8) is 0 Å². The van der Waals surface area contributed by atoms with E-state index in [0.717, 1.165) is 24.1 Å². The van der Waals surface area contributed by atoms with Crippen LogP contribution >= 0.6 is 0 Å². The van der Waals surface area contributed by atoms with E-state index < -0.39 is 5.92 Å². The van der Waals surface area contributed by atoms with E-state index in [9.17, 15) is 13.6 Å². The number of rotatable bonds is 3. The minimum absolute atomic E-state index is 0.134. The Kier molecular flexibility index (Phi) is 5.00. The number of fused-ring (bicyclic) bond motifs is 1. The molecule has 1 saturated carbocycles. The number of aryl methyl sites for hydroxylation is 1. The summed E-state index contributed by atoms with van der Waals surface area (Å²) in [5.41, 5.74) is 2.08. The zero-order chi connectivity index (χ0) is 18.2. The molecule has 138 valence electrons. The first kappa shape index (κ1) is 18.1. The minimum Gasteiger partial charge on any atom is -0.335 e. The van der Waals surface area contributed by atoms with E-state index in [2.05, 4.69) is 16.3 Å². The number of hydrogen-bond donors (Lipinski definition) is 1. The number of likely N-dealkylation sites (N-methyl/N-ethyl adjacent to an activating group) is 1. The van der Waals surface area contributed by atoms with Crippen LogP contribution in [0.1, 0.15) is 31.7 Å². The first-order valence-corrected chi connectivity index (χ1v) is 8.97. The lowest BCUT2D eigenvalue weighted by Gasteiger charge is -2.39. The number of carbonyl (C=O) groups is 1. The number of halogens is 2. The number of carbonyl (C=O) groups excluding carboxylic acids is 1. The highest BCUT2D eigenvalue weighted by Gasteiger charge is 2.47. The lowest BCUT2D eigenvalue weighted by Crippen LogP contribution is -2.53. The van der Waals surface area contributed by atoms with Crippen molar-refractivity contribution >= 4 is 11.7 Å². The molecule has 1 fully saturated rings. The Bertz CT molecular complexity index is 627. The normalized spacial score (nSPS) is 24.2. The average Bonchev–Trinajstić information content (AvgIpc) is 2.72. The fraction of sp³-hybridized carbons (Fsp3) is 0.632. The summed E-state index contributed by atoms with van der Waals surface area (Å²) in [5, 5.41) is 2.95. The molecule has 2 amide bonds. The maximum atomic E-state index is 13.1. The van der Waals surface area contributed by atoms with Gasteiger partial charge in [0.2, 0.25) is 5.92 Å². The summed E-state index contributed by atoms with van der Waals surface area (Å²) in [4.78, 5) is 16.8. The van der Waals surface area contributed by atoms with Crippen molar-refractivity contribution in [3.8, 4) is 0 Å². The molecule has 0 radical (unpaired) electrons. The smallest absolute Gasteiger partial charge is 0.322 e. The number of urea groups is 1. The van der Waals surface area contributed by atoms with Gasteiger partial charge in [-0.1, -0.05) is 18.2 Å². The van der Waals surface area contributed by atoms with Gasteiger partial charge in [-0.25, -0.2) is 13.6 Å². The van der Waals surface area contributed by atoms with Crippen LogP contribution in [0.25, 0.3) is 0 Å². The average molecular weight is 351 g/mol. The summed E-state index contributed by atoms with van der Waals surface area (Å²) in [6.45, 7) is 2.42. The van der Waals surface area contributed by atoms with Crippen molar-refractivity contribution in [2.24, 2.45) is 5.92 Å². The van der Waals surface area contributed by atoms with E-state index in [1.165, 1.54) is 0 Å². The Balaban J connectivity index is 1.74. The molecule has 1 aromatic rings. The highest BCUT2D eigenvalue weighted by molar-refractivity contribution is 5.93. The highest BCUT2D eigenvalue weighted by Crippen LogP contribution is 2.44. The second-order valence-electron chi connectivity index (χ2n) is 7.66. The Morgan fingerprint density at radius 1 is 1.32 bits per heavy atom. The fourth-order valence-electron chi connectivity index (χ4n) is 3.77. The number of nitrogens with zero attached hydrogens (tertiary/aromatic N) is 2. The SMILES string of the molecule is C[C@H](NC(=O)N1CC(N(C)C)CCc2ccccc21)C1CC(F)(F)C1. The maximum Gasteiger partial charge on any atom is 0.322 e. The van der Waals surface area contributed by atoms with Crippen molar-refractivity contribution in [1.29, 1.82) is 0 Å². The molecule has 2 aliphatic rings. The van der Waals surface area contributed by atoms with Crippen LogP contribution in [0.2, 0.25) is 0 Å². The van der Waals surface area contributed by atoms with Crippen LogP contribution in [0.5, 0.6) is 0 Å². The molecule has 3 rings (SSSR count). The second-order valence-corrected chi connectivity index (χ2v) is 7.66. The Labute approximate surface area is 148 Å². The molecular weight excluding hydrogens is 324 g/mol. The molecule has 4 nitrogen and oxygen atoms in total. The first-order valence-electron chi connectivity index (χ1n) is 8.97. The summed E-state index contributed by atoms with van der Waals surface area (Å²) in [5.74, 6) is -2.71. The Hall–Kier alpha value is -1.69. The van der Waals surface area contributed by atoms with Crippen LogP contribution < -0.4 is 10.2 Å². The molecule has 6 heteroatoms. The molecule has 1 unspecified atom stereocenters. The van der Waals surface area contributed by atoms with Crippen molar-refractivity contribution in [2.45, 2.75) is 50.6 Å². The predicted molar refractivity (Wildman–Crippen MR) is 95.2 cm³/mol. The third-order valence-electron chi connectivity index (χ3n) is 5.58. The van der Waals surface area contributed by atoms with Crippen LogP contribution in [0.4, 0.5) is 19.3 Å². The fourth-order valence-corrected chi connectivity index (χ4v) is 3.77. The quantitative estimate of drug-likeness (QED) is 0.904. The monoisotopic (exact) mass is 351 g/mol. The summed E-state index contributed by atoms with van der Waals surface area (Å²) in [6, 6.07) is 7.78. The number of benzene rings is 1. The van der Waals surface area contributed by atoms with Crippen molar-refractivity contribution < 1.29 is 13.6 Å². The molecule has 0 spiro atoms. The molecule has 1 heterocycles. The predicted octanol–water partition coefficient (Wildman–Crippen LogP) is 3.51. The van der Waals surface area contributed by atoms with Gasteiger partial charge in [0.05, 0.1) is 0 Å². The molecule has 2 atom stereocenters. The van der Waals surface area contributed by atoms with Crippen molar-refractivity contribution in [1.82, 2.24) is 10.2 Å². The molecule has 1 aliphatic carbocycles. The van der Waals surface area contributed by atoms with Crippen molar-refractivity contribution in [3.05, 3.63) is 29.8 Å². The van der Waals surface area contributed by atoms with Gasteiger partial charge in [0.15, 0.2) is 0 Å². The van der Waals surface area contributed by atoms with Gasteiger partial charge >= 0.3 is 6.03 Å². The van der Waals surface area contributed by atoms with Crippen LogP contribution in [0.15, 0.2) is 24.3 Å². The number of nitrogens with one attached hydrogen (secondary N) is 1. The molecule has 0 saturated heterocycles. The van der Waals surface area contributed by atoms with Gasteiger partial charge < -0.3 is 10.2 Å². The van der Waals surface area contributed by atoms with E-state index in [0.29, 0.717) is 6.54 Å². The number of anilines is 1. The van der Waals surface area contributed by atoms with Gasteiger partial charge in [-0.05, 0) is 51.4 Å². The molecule has 0 bridgehead atoms. The second kappa shape index (κ2) is 6.90. The Morgan fingerprint density at radius 2 is 2.00 bits per heavy atom. The number of alkyl halides is 2. The lowest BCUT2D eigenvalue weighted by molar-refractivity contribution is -0.116. The highest BCUT2D eigenvalue weighted by atomic mass is 19.3. The molecule has 1 N–H and O–H groups in total. The Morgan fingerprint density at radius 3 is 2.64 bits per heavy atom. The molecule has 1 aromatic carbocycles. The van der Waals surface area contributed by atoms with Gasteiger partial charge in [0, 0.05) is 37.2 Å². The standard InChI is InChI=1S/C19H27F2N3O/c1-13(15-10-19(20,21)11-15)22-18(25)24-12-16(23(2)3)9-8-14-6-4-5-7-17(14)24/h4-7,13,15-16H,8-12H2,1-3H3,(H,22,25)/t13-,16?/m0/s1. The lowest BCUT2D eigenvalue weighted by atomic mass is 9.77. The van der Waals surface area contributed by atoms with Crippen LogP contribution in [0.3, 0.4) is 0 Å². The van der Waals surface area contributed by atoms with Crippen LogP contribution in [-0.2, 0) is 6.42 Å². The third kappa shape index (κ3) is 3.94. The van der Waals surface area contributed by atoms with E-state index in [1.807, 2.05) is 39.2 Å². The van der Waals surface area contributed by atoms with E-state index in [4.69, 9.17) is 0 Å². The largest absolute Gasteiger partial charge is 0.335 e. The summed E-state index contributed by atoms with van der Waals surface area (Å²) in [7, 11) is 4.05. The summed E-state index contributed by atoms with van der Waals surface area (Å²) >= 11 is 0. The van der Waals surface area contributed by atoms with Gasteiger partial charge in [0.25, 0.3) is 0 Å². The summed E-state index contributed by atoms with van der Waals surface area (Å²) in [6.07, 6.45) is 1.64.